The van der Waals surface area contributed by atoms with Crippen LogP contribution in [-0.2, 0) is 6.54 Å². The molecule has 0 saturated carbocycles. The van der Waals surface area contributed by atoms with Gasteiger partial charge in [-0.2, -0.15) is 0 Å². The normalized spacial score (nSPS) is 26.1. The fourth-order valence-electron chi connectivity index (χ4n) is 2.55. The summed E-state index contributed by atoms with van der Waals surface area (Å²) < 4.78 is 0. The van der Waals surface area contributed by atoms with E-state index < -0.39 is 0 Å². The lowest BCUT2D eigenvalue weighted by atomic mass is 9.91. The number of halogens is 1. The fourth-order valence-corrected chi connectivity index (χ4v) is 2.74. The van der Waals surface area contributed by atoms with Gasteiger partial charge in [0, 0.05) is 18.2 Å². The summed E-state index contributed by atoms with van der Waals surface area (Å²) in [5, 5.41) is 10.4. The lowest BCUT2D eigenvalue weighted by Crippen LogP contribution is -2.41. The molecule has 1 fully saturated rings. The van der Waals surface area contributed by atoms with E-state index in [0.29, 0.717) is 11.1 Å². The standard InChI is InChI=1S/C14H20ClNO/c1-10-5-4-8-16(11(10)2)9-12-6-3-7-13(15)14(12)17/h3,6-7,10-11,17H,4-5,8-9H2,1-2H3. The third-order valence-electron chi connectivity index (χ3n) is 3.95. The van der Waals surface area contributed by atoms with E-state index in [1.807, 2.05) is 12.1 Å². The number of phenols is 1. The van der Waals surface area contributed by atoms with Crippen molar-refractivity contribution in [1.82, 2.24) is 4.90 Å². The first-order chi connectivity index (χ1) is 8.09. The summed E-state index contributed by atoms with van der Waals surface area (Å²) in [6, 6.07) is 6.15. The Hall–Kier alpha value is -0.730. The average molecular weight is 254 g/mol. The van der Waals surface area contributed by atoms with Gasteiger partial charge in [0.1, 0.15) is 5.75 Å². The highest BCUT2D eigenvalue weighted by Gasteiger charge is 2.25. The zero-order valence-electron chi connectivity index (χ0n) is 10.5. The summed E-state index contributed by atoms with van der Waals surface area (Å²) in [5.74, 6) is 0.963. The van der Waals surface area contributed by atoms with Gasteiger partial charge in [0.15, 0.2) is 0 Å². The van der Waals surface area contributed by atoms with Gasteiger partial charge in [-0.05, 0) is 38.3 Å². The highest BCUT2D eigenvalue weighted by atomic mass is 35.5. The van der Waals surface area contributed by atoms with Crippen molar-refractivity contribution in [1.29, 1.82) is 0 Å². The van der Waals surface area contributed by atoms with Gasteiger partial charge in [0.25, 0.3) is 0 Å². The minimum Gasteiger partial charge on any atom is -0.506 e. The van der Waals surface area contributed by atoms with Crippen molar-refractivity contribution in [2.75, 3.05) is 6.54 Å². The molecule has 0 radical (unpaired) electrons. The lowest BCUT2D eigenvalue weighted by Gasteiger charge is -2.38. The Morgan fingerprint density at radius 3 is 2.94 bits per heavy atom. The molecular formula is C14H20ClNO. The van der Waals surface area contributed by atoms with Crippen molar-refractivity contribution in [2.45, 2.75) is 39.3 Å². The van der Waals surface area contributed by atoms with Crippen LogP contribution in [0, 0.1) is 5.92 Å². The van der Waals surface area contributed by atoms with Crippen LogP contribution in [0.15, 0.2) is 18.2 Å². The van der Waals surface area contributed by atoms with Crippen LogP contribution in [0.3, 0.4) is 0 Å². The Labute approximate surface area is 108 Å². The Bertz CT molecular complexity index is 394. The predicted molar refractivity (Wildman–Crippen MR) is 71.4 cm³/mol. The molecule has 0 bridgehead atoms. The maximum atomic E-state index is 9.92. The number of rotatable bonds is 2. The van der Waals surface area contributed by atoms with Gasteiger partial charge in [-0.3, -0.25) is 4.90 Å². The topological polar surface area (TPSA) is 23.5 Å². The van der Waals surface area contributed by atoms with Crippen LogP contribution < -0.4 is 0 Å². The average Bonchev–Trinajstić information content (AvgIpc) is 2.31. The van der Waals surface area contributed by atoms with Crippen LogP contribution in [0.1, 0.15) is 32.3 Å². The number of hydrogen-bond acceptors (Lipinski definition) is 2. The van der Waals surface area contributed by atoms with Crippen molar-refractivity contribution in [3.8, 4) is 5.75 Å². The molecule has 1 aliphatic rings. The predicted octanol–water partition coefficient (Wildman–Crippen LogP) is 3.67. The number of para-hydroxylation sites is 1. The van der Waals surface area contributed by atoms with Crippen LogP contribution in [-0.4, -0.2) is 22.6 Å². The van der Waals surface area contributed by atoms with Gasteiger partial charge in [-0.25, -0.2) is 0 Å². The first-order valence-corrected chi connectivity index (χ1v) is 6.68. The molecule has 1 N–H and O–H groups in total. The molecule has 0 amide bonds. The van der Waals surface area contributed by atoms with Crippen molar-refractivity contribution in [3.63, 3.8) is 0 Å². The van der Waals surface area contributed by atoms with Crippen molar-refractivity contribution in [3.05, 3.63) is 28.8 Å². The zero-order valence-corrected chi connectivity index (χ0v) is 11.2. The first-order valence-electron chi connectivity index (χ1n) is 6.30. The fraction of sp³-hybridized carbons (Fsp3) is 0.571. The number of hydrogen-bond donors (Lipinski definition) is 1. The summed E-state index contributed by atoms with van der Waals surface area (Å²) >= 11 is 5.93. The van der Waals surface area contributed by atoms with E-state index in [9.17, 15) is 5.11 Å². The summed E-state index contributed by atoms with van der Waals surface area (Å²) in [6.45, 7) is 6.47. The Kier molecular flexibility index (Phi) is 3.95. The van der Waals surface area contributed by atoms with Crippen LogP contribution in [0.4, 0.5) is 0 Å². The zero-order chi connectivity index (χ0) is 12.4. The van der Waals surface area contributed by atoms with E-state index in [1.54, 1.807) is 6.07 Å². The van der Waals surface area contributed by atoms with E-state index in [4.69, 9.17) is 11.6 Å². The maximum Gasteiger partial charge on any atom is 0.138 e. The Balaban J connectivity index is 2.12. The molecule has 94 valence electrons. The molecule has 2 unspecified atom stereocenters. The second-order valence-corrected chi connectivity index (χ2v) is 5.49. The van der Waals surface area contributed by atoms with Crippen LogP contribution >= 0.6 is 11.6 Å². The number of likely N-dealkylation sites (tertiary alicyclic amines) is 1. The number of phenolic OH excluding ortho intramolecular Hbond substituents is 1. The minimum absolute atomic E-state index is 0.236. The van der Waals surface area contributed by atoms with Crippen molar-refractivity contribution >= 4 is 11.6 Å². The minimum atomic E-state index is 0.236. The lowest BCUT2D eigenvalue weighted by molar-refractivity contribution is 0.105. The van der Waals surface area contributed by atoms with E-state index in [0.717, 1.165) is 24.6 Å². The molecule has 2 atom stereocenters. The van der Waals surface area contributed by atoms with Crippen LogP contribution in [0.5, 0.6) is 5.75 Å². The largest absolute Gasteiger partial charge is 0.506 e. The molecule has 1 heterocycles. The number of aromatic hydroxyl groups is 1. The van der Waals surface area contributed by atoms with Crippen LogP contribution in [0.25, 0.3) is 0 Å². The van der Waals surface area contributed by atoms with Gasteiger partial charge < -0.3 is 5.11 Å². The van der Waals surface area contributed by atoms with Gasteiger partial charge in [-0.15, -0.1) is 0 Å². The molecule has 0 spiro atoms. The summed E-state index contributed by atoms with van der Waals surface area (Å²) in [5.41, 5.74) is 0.929. The van der Waals surface area contributed by atoms with E-state index >= 15 is 0 Å². The number of benzene rings is 1. The van der Waals surface area contributed by atoms with E-state index in [-0.39, 0.29) is 5.75 Å². The molecule has 1 aromatic rings. The summed E-state index contributed by atoms with van der Waals surface area (Å²) in [7, 11) is 0. The summed E-state index contributed by atoms with van der Waals surface area (Å²) in [4.78, 5) is 2.43. The molecular weight excluding hydrogens is 234 g/mol. The molecule has 17 heavy (non-hydrogen) atoms. The summed E-state index contributed by atoms with van der Waals surface area (Å²) in [6.07, 6.45) is 2.55. The molecule has 3 heteroatoms. The van der Waals surface area contributed by atoms with Gasteiger partial charge in [0.2, 0.25) is 0 Å². The quantitative estimate of drug-likeness (QED) is 0.870. The first kappa shape index (κ1) is 12.7. The van der Waals surface area contributed by atoms with Gasteiger partial charge in [-0.1, -0.05) is 30.7 Å². The SMILES string of the molecule is CC1CCCN(Cc2cccc(Cl)c2O)C1C. The second-order valence-electron chi connectivity index (χ2n) is 5.08. The van der Waals surface area contributed by atoms with Gasteiger partial charge in [0.05, 0.1) is 5.02 Å². The van der Waals surface area contributed by atoms with Crippen molar-refractivity contribution < 1.29 is 5.11 Å². The Morgan fingerprint density at radius 1 is 1.41 bits per heavy atom. The van der Waals surface area contributed by atoms with Gasteiger partial charge >= 0.3 is 0 Å². The molecule has 0 aliphatic carbocycles. The smallest absolute Gasteiger partial charge is 0.138 e. The molecule has 0 aromatic heterocycles. The number of piperidine rings is 1. The van der Waals surface area contributed by atoms with Crippen LogP contribution in [0.2, 0.25) is 5.02 Å². The second kappa shape index (κ2) is 5.28. The molecule has 2 rings (SSSR count). The maximum absolute atomic E-state index is 9.92. The monoisotopic (exact) mass is 253 g/mol. The third-order valence-corrected chi connectivity index (χ3v) is 4.25. The molecule has 1 saturated heterocycles. The third kappa shape index (κ3) is 2.75. The Morgan fingerprint density at radius 2 is 2.18 bits per heavy atom. The molecule has 1 aliphatic heterocycles. The molecule has 2 nitrogen and oxygen atoms in total. The van der Waals surface area contributed by atoms with E-state index in [1.165, 1.54) is 12.8 Å². The number of nitrogens with zero attached hydrogens (tertiary/aromatic N) is 1. The van der Waals surface area contributed by atoms with E-state index in [2.05, 4.69) is 18.7 Å². The molecule has 1 aromatic carbocycles. The van der Waals surface area contributed by atoms with Crippen molar-refractivity contribution in [2.24, 2.45) is 5.92 Å². The highest BCUT2D eigenvalue weighted by Crippen LogP contribution is 2.30. The highest BCUT2D eigenvalue weighted by molar-refractivity contribution is 6.32.